The lowest BCUT2D eigenvalue weighted by Gasteiger charge is -2.03. The van der Waals surface area contributed by atoms with Crippen LogP contribution in [-0.4, -0.2) is 14.8 Å². The van der Waals surface area contributed by atoms with Crippen LogP contribution in [0.2, 0.25) is 0 Å². The molecule has 6 heteroatoms. The van der Waals surface area contributed by atoms with Crippen LogP contribution in [0.15, 0.2) is 48.8 Å². The van der Waals surface area contributed by atoms with Crippen LogP contribution in [0.25, 0.3) is 11.4 Å². The van der Waals surface area contributed by atoms with Gasteiger partial charge in [-0.3, -0.25) is 0 Å². The molecule has 0 fully saturated rings. The average Bonchev–Trinajstić information content (AvgIpc) is 2.93. The number of hydrogen-bond acceptors (Lipinski definition) is 3. The molecule has 3 rings (SSSR count). The second kappa shape index (κ2) is 5.32. The number of aromatic nitrogens is 3. The lowest BCUT2D eigenvalue weighted by atomic mass is 10.2. The molecule has 1 heterocycles. The van der Waals surface area contributed by atoms with Crippen molar-refractivity contribution in [3.63, 3.8) is 0 Å². The average molecular weight is 286 g/mol. The van der Waals surface area contributed by atoms with Crippen molar-refractivity contribution < 1.29 is 8.78 Å². The Bertz CT molecular complexity index is 766. The third-order valence-electron chi connectivity index (χ3n) is 3.07. The minimum atomic E-state index is -0.869. The minimum absolute atomic E-state index is 0.117. The molecule has 21 heavy (non-hydrogen) atoms. The number of halogens is 2. The molecule has 0 unspecified atom stereocenters. The maximum atomic E-state index is 13.6. The molecule has 0 radical (unpaired) electrons. The summed E-state index contributed by atoms with van der Waals surface area (Å²) >= 11 is 0. The van der Waals surface area contributed by atoms with Gasteiger partial charge < -0.3 is 5.73 Å². The summed E-state index contributed by atoms with van der Waals surface area (Å²) in [6.45, 7) is 0.117. The Balaban J connectivity index is 1.85. The third-order valence-corrected chi connectivity index (χ3v) is 3.07. The Morgan fingerprint density at radius 1 is 1.05 bits per heavy atom. The van der Waals surface area contributed by atoms with Gasteiger partial charge in [-0.25, -0.2) is 18.4 Å². The van der Waals surface area contributed by atoms with E-state index in [1.807, 2.05) is 0 Å². The topological polar surface area (TPSA) is 56.7 Å². The van der Waals surface area contributed by atoms with Crippen molar-refractivity contribution in [3.05, 3.63) is 66.0 Å². The molecule has 0 aliphatic heterocycles. The zero-order valence-electron chi connectivity index (χ0n) is 11.0. The highest BCUT2D eigenvalue weighted by Gasteiger charge is 2.10. The SMILES string of the molecule is Nc1ccc(-c2ncn(Cc3cccc(F)c3F)n2)cc1. The zero-order valence-corrected chi connectivity index (χ0v) is 11.0. The number of hydrogen-bond donors (Lipinski definition) is 1. The van der Waals surface area contributed by atoms with Crippen LogP contribution >= 0.6 is 0 Å². The smallest absolute Gasteiger partial charge is 0.181 e. The van der Waals surface area contributed by atoms with E-state index in [1.54, 1.807) is 24.3 Å². The first-order chi connectivity index (χ1) is 10.1. The first-order valence-corrected chi connectivity index (χ1v) is 6.32. The Morgan fingerprint density at radius 3 is 2.57 bits per heavy atom. The maximum Gasteiger partial charge on any atom is 0.181 e. The second-order valence-corrected chi connectivity index (χ2v) is 4.60. The highest BCUT2D eigenvalue weighted by molar-refractivity contribution is 5.57. The van der Waals surface area contributed by atoms with Crippen LogP contribution in [0.4, 0.5) is 14.5 Å². The van der Waals surface area contributed by atoms with Crippen LogP contribution in [0.5, 0.6) is 0 Å². The summed E-state index contributed by atoms with van der Waals surface area (Å²) < 4.78 is 28.2. The number of rotatable bonds is 3. The van der Waals surface area contributed by atoms with E-state index in [9.17, 15) is 8.78 Å². The number of nitrogens with zero attached hydrogens (tertiary/aromatic N) is 3. The van der Waals surface area contributed by atoms with E-state index in [-0.39, 0.29) is 12.1 Å². The molecular weight excluding hydrogens is 274 g/mol. The van der Waals surface area contributed by atoms with Crippen LogP contribution in [-0.2, 0) is 6.54 Å². The molecule has 0 bridgehead atoms. The van der Waals surface area contributed by atoms with E-state index in [4.69, 9.17) is 5.73 Å². The van der Waals surface area contributed by atoms with E-state index < -0.39 is 11.6 Å². The van der Waals surface area contributed by atoms with Crippen molar-refractivity contribution in [2.75, 3.05) is 5.73 Å². The van der Waals surface area contributed by atoms with Crippen LogP contribution in [0.3, 0.4) is 0 Å². The number of benzene rings is 2. The molecule has 1 aromatic heterocycles. The first-order valence-electron chi connectivity index (χ1n) is 6.32. The fraction of sp³-hybridized carbons (Fsp3) is 0.0667. The molecule has 4 nitrogen and oxygen atoms in total. The largest absolute Gasteiger partial charge is 0.399 e. The summed E-state index contributed by atoms with van der Waals surface area (Å²) in [4.78, 5) is 4.16. The fourth-order valence-corrected chi connectivity index (χ4v) is 1.98. The van der Waals surface area contributed by atoms with E-state index in [0.29, 0.717) is 11.5 Å². The van der Waals surface area contributed by atoms with Gasteiger partial charge in [-0.15, -0.1) is 0 Å². The summed E-state index contributed by atoms with van der Waals surface area (Å²) in [7, 11) is 0. The molecule has 0 aliphatic rings. The van der Waals surface area contributed by atoms with Crippen molar-refractivity contribution in [2.24, 2.45) is 0 Å². The highest BCUT2D eigenvalue weighted by atomic mass is 19.2. The second-order valence-electron chi connectivity index (χ2n) is 4.60. The van der Waals surface area contributed by atoms with Gasteiger partial charge in [0.2, 0.25) is 0 Å². The van der Waals surface area contributed by atoms with Gasteiger partial charge in [-0.1, -0.05) is 12.1 Å². The van der Waals surface area contributed by atoms with Gasteiger partial charge in [0.25, 0.3) is 0 Å². The van der Waals surface area contributed by atoms with Gasteiger partial charge in [0.1, 0.15) is 6.33 Å². The molecular formula is C15H12F2N4. The predicted octanol–water partition coefficient (Wildman–Crippen LogP) is 2.85. The normalized spacial score (nSPS) is 10.8. The molecule has 0 spiro atoms. The van der Waals surface area contributed by atoms with Crippen molar-refractivity contribution in [2.45, 2.75) is 6.54 Å². The quantitative estimate of drug-likeness (QED) is 0.753. The summed E-state index contributed by atoms with van der Waals surface area (Å²) in [5.74, 6) is -1.22. The lowest BCUT2D eigenvalue weighted by Crippen LogP contribution is -2.04. The van der Waals surface area contributed by atoms with Crippen LogP contribution in [0.1, 0.15) is 5.56 Å². The molecule has 3 aromatic rings. The summed E-state index contributed by atoms with van der Waals surface area (Å²) in [5.41, 5.74) is 7.31. The summed E-state index contributed by atoms with van der Waals surface area (Å²) in [5, 5.41) is 4.25. The Hall–Kier alpha value is -2.76. The molecule has 0 saturated heterocycles. The minimum Gasteiger partial charge on any atom is -0.399 e. The van der Waals surface area contributed by atoms with Crippen molar-refractivity contribution in [1.29, 1.82) is 0 Å². The molecule has 0 amide bonds. The first kappa shape index (κ1) is 13.2. The van der Waals surface area contributed by atoms with Crippen LogP contribution in [0, 0.1) is 11.6 Å². The van der Waals surface area contributed by atoms with E-state index in [1.165, 1.54) is 23.1 Å². The molecule has 0 atom stereocenters. The highest BCUT2D eigenvalue weighted by Crippen LogP contribution is 2.17. The van der Waals surface area contributed by atoms with Gasteiger partial charge in [0, 0.05) is 16.8 Å². The van der Waals surface area contributed by atoms with Gasteiger partial charge in [0.05, 0.1) is 6.54 Å². The molecule has 2 N–H and O–H groups in total. The monoisotopic (exact) mass is 286 g/mol. The van der Waals surface area contributed by atoms with Gasteiger partial charge in [0.15, 0.2) is 17.5 Å². The van der Waals surface area contributed by atoms with E-state index >= 15 is 0 Å². The van der Waals surface area contributed by atoms with Crippen LogP contribution < -0.4 is 5.73 Å². The standard InChI is InChI=1S/C15H12F2N4/c16-13-3-1-2-11(14(13)17)8-21-9-19-15(20-21)10-4-6-12(18)7-5-10/h1-7,9H,8,18H2. The zero-order chi connectivity index (χ0) is 14.8. The van der Waals surface area contributed by atoms with E-state index in [2.05, 4.69) is 10.1 Å². The Labute approximate surface area is 119 Å². The Kier molecular flexibility index (Phi) is 3.35. The fourth-order valence-electron chi connectivity index (χ4n) is 1.98. The molecule has 2 aromatic carbocycles. The predicted molar refractivity (Wildman–Crippen MR) is 75.3 cm³/mol. The molecule has 106 valence electrons. The maximum absolute atomic E-state index is 13.6. The van der Waals surface area contributed by atoms with Gasteiger partial charge >= 0.3 is 0 Å². The van der Waals surface area contributed by atoms with Crippen molar-refractivity contribution in [1.82, 2.24) is 14.8 Å². The van der Waals surface area contributed by atoms with Gasteiger partial charge in [-0.2, -0.15) is 5.10 Å². The lowest BCUT2D eigenvalue weighted by molar-refractivity contribution is 0.492. The van der Waals surface area contributed by atoms with Crippen molar-refractivity contribution >= 4 is 5.69 Å². The summed E-state index contributed by atoms with van der Waals surface area (Å²) in [6, 6.07) is 11.2. The van der Waals surface area contributed by atoms with E-state index in [0.717, 1.165) is 11.6 Å². The van der Waals surface area contributed by atoms with Crippen molar-refractivity contribution in [3.8, 4) is 11.4 Å². The number of nitrogens with two attached hydrogens (primary N) is 1. The number of nitrogen functional groups attached to an aromatic ring is 1. The van der Waals surface area contributed by atoms with Gasteiger partial charge in [-0.05, 0) is 30.3 Å². The molecule has 0 saturated carbocycles. The Morgan fingerprint density at radius 2 is 1.81 bits per heavy atom. The summed E-state index contributed by atoms with van der Waals surface area (Å²) in [6.07, 6.45) is 1.48. The number of anilines is 1. The molecule has 0 aliphatic carbocycles. The third kappa shape index (κ3) is 2.74.